The van der Waals surface area contributed by atoms with Gasteiger partial charge < -0.3 is 34.1 Å². The highest BCUT2D eigenvalue weighted by molar-refractivity contribution is 6.06. The number of imide groups is 1. The Morgan fingerprint density at radius 2 is 1.51 bits per heavy atom. The van der Waals surface area contributed by atoms with E-state index in [1.165, 1.54) is 16.0 Å². The minimum atomic E-state index is -1.00. The smallest absolute Gasteiger partial charge is 0.408 e. The van der Waals surface area contributed by atoms with Crippen molar-refractivity contribution in [3.8, 4) is 22.6 Å². The van der Waals surface area contributed by atoms with Gasteiger partial charge in [0.2, 0.25) is 5.91 Å². The highest BCUT2D eigenvalue weighted by Crippen LogP contribution is 2.43. The molecule has 0 bridgehead atoms. The lowest BCUT2D eigenvalue weighted by Crippen LogP contribution is -2.45. The summed E-state index contributed by atoms with van der Waals surface area (Å²) in [7, 11) is 3.32. The minimum Gasteiger partial charge on any atom is -0.493 e. The first-order chi connectivity index (χ1) is 29.7. The van der Waals surface area contributed by atoms with Crippen molar-refractivity contribution in [2.45, 2.75) is 70.6 Å². The van der Waals surface area contributed by atoms with E-state index in [9.17, 15) is 19.5 Å². The molecule has 0 aliphatic carbocycles. The van der Waals surface area contributed by atoms with E-state index in [0.29, 0.717) is 12.3 Å². The average molecular weight is 826 g/mol. The van der Waals surface area contributed by atoms with Gasteiger partial charge in [-0.15, -0.1) is 0 Å². The molecule has 0 spiro atoms. The Morgan fingerprint density at radius 3 is 2.23 bits per heavy atom. The zero-order chi connectivity index (χ0) is 42.5. The number of likely N-dealkylation sites (tertiary alicyclic amines) is 1. The van der Waals surface area contributed by atoms with Crippen molar-refractivity contribution in [3.63, 3.8) is 0 Å². The fourth-order valence-electron chi connectivity index (χ4n) is 8.48. The predicted octanol–water partition coefficient (Wildman–Crippen LogP) is 7.27. The molecule has 12 nitrogen and oxygen atoms in total. The number of rotatable bonds is 13. The van der Waals surface area contributed by atoms with E-state index >= 15 is 0 Å². The van der Waals surface area contributed by atoms with Gasteiger partial charge in [-0.25, -0.2) is 4.79 Å². The molecule has 5 aromatic rings. The summed E-state index contributed by atoms with van der Waals surface area (Å²) in [5.74, 6) is 0.626. The van der Waals surface area contributed by atoms with Gasteiger partial charge in [-0.2, -0.15) is 0 Å². The topological polar surface area (TPSA) is 136 Å². The Kier molecular flexibility index (Phi) is 12.8. The van der Waals surface area contributed by atoms with Crippen LogP contribution in [0.3, 0.4) is 0 Å². The molecule has 12 heteroatoms. The molecule has 0 saturated carbocycles. The van der Waals surface area contributed by atoms with Gasteiger partial charge in [0, 0.05) is 31.1 Å². The molecule has 5 aromatic carbocycles. The SMILES string of the molecule is COc1cc2c(cc1OC)CN(C[C@@H]1O[C@H](c3ccc(-c4ccccc4CN4C(=O)CC(NC(=O)OCc5ccccc5)C4=O)cc3)O[C@H](c3ccc(CO)cc3)[C@@H]1C)CC2. The van der Waals surface area contributed by atoms with Crippen LogP contribution in [-0.2, 0) is 56.5 Å². The molecule has 1 unspecified atom stereocenters. The van der Waals surface area contributed by atoms with Gasteiger partial charge in [0.25, 0.3) is 5.91 Å². The van der Waals surface area contributed by atoms with Crippen molar-refractivity contribution in [2.75, 3.05) is 27.3 Å². The van der Waals surface area contributed by atoms with E-state index in [4.69, 9.17) is 23.7 Å². The summed E-state index contributed by atoms with van der Waals surface area (Å²) < 4.78 is 30.1. The predicted molar refractivity (Wildman–Crippen MR) is 227 cm³/mol. The number of carbonyl (C=O) groups excluding carboxylic acids is 3. The van der Waals surface area contributed by atoms with E-state index in [1.807, 2.05) is 103 Å². The second-order valence-corrected chi connectivity index (χ2v) is 15.8. The maximum absolute atomic E-state index is 13.4. The van der Waals surface area contributed by atoms with Crippen LogP contribution >= 0.6 is 0 Å². The molecule has 8 rings (SSSR count). The first kappa shape index (κ1) is 41.7. The van der Waals surface area contributed by atoms with E-state index in [-0.39, 0.29) is 50.2 Å². The van der Waals surface area contributed by atoms with Crippen LogP contribution < -0.4 is 14.8 Å². The summed E-state index contributed by atoms with van der Waals surface area (Å²) in [4.78, 5) is 42.7. The number of nitrogens with one attached hydrogen (secondary N) is 1. The Hall–Kier alpha value is -6.05. The molecule has 3 aliphatic rings. The Balaban J connectivity index is 0.972. The number of benzene rings is 5. The number of hydrogen-bond acceptors (Lipinski definition) is 10. The van der Waals surface area contributed by atoms with Gasteiger partial charge in [-0.1, -0.05) is 110 Å². The molecule has 5 atom stereocenters. The second-order valence-electron chi connectivity index (χ2n) is 15.8. The summed E-state index contributed by atoms with van der Waals surface area (Å²) in [6.45, 7) is 4.57. The number of fused-ring (bicyclic) bond motifs is 1. The summed E-state index contributed by atoms with van der Waals surface area (Å²) in [6.07, 6.45) is -1.10. The largest absolute Gasteiger partial charge is 0.493 e. The third-order valence-electron chi connectivity index (χ3n) is 11.9. The molecule has 3 aliphatic heterocycles. The summed E-state index contributed by atoms with van der Waals surface area (Å²) in [5.41, 5.74) is 8.54. The first-order valence-electron chi connectivity index (χ1n) is 20.7. The lowest BCUT2D eigenvalue weighted by Gasteiger charge is -2.43. The van der Waals surface area contributed by atoms with Crippen LogP contribution in [0.5, 0.6) is 11.5 Å². The number of aliphatic hydroxyl groups is 1. The van der Waals surface area contributed by atoms with E-state index in [2.05, 4.69) is 29.3 Å². The van der Waals surface area contributed by atoms with Crippen molar-refractivity contribution in [2.24, 2.45) is 5.92 Å². The highest BCUT2D eigenvalue weighted by atomic mass is 16.7. The number of alkyl carbamates (subject to hydrolysis) is 1. The quantitative estimate of drug-likeness (QED) is 0.117. The van der Waals surface area contributed by atoms with Crippen LogP contribution in [0.15, 0.2) is 115 Å². The van der Waals surface area contributed by atoms with Crippen LogP contribution in [0.25, 0.3) is 11.1 Å². The lowest BCUT2D eigenvalue weighted by molar-refractivity contribution is -0.276. The normalized spacial score (nSPS) is 21.5. The van der Waals surface area contributed by atoms with Crippen LogP contribution in [0.1, 0.15) is 64.7 Å². The maximum atomic E-state index is 13.4. The first-order valence-corrected chi connectivity index (χ1v) is 20.7. The number of aliphatic hydroxyl groups excluding tert-OH is 1. The second kappa shape index (κ2) is 18.7. The van der Waals surface area contributed by atoms with Gasteiger partial charge in [0.1, 0.15) is 12.6 Å². The van der Waals surface area contributed by atoms with Crippen molar-refractivity contribution < 1.29 is 43.2 Å². The van der Waals surface area contributed by atoms with Gasteiger partial charge in [-0.05, 0) is 63.1 Å². The fraction of sp³-hybridized carbons (Fsp3) is 0.327. The number of ether oxygens (including phenoxy) is 5. The highest BCUT2D eigenvalue weighted by Gasteiger charge is 2.41. The summed E-state index contributed by atoms with van der Waals surface area (Å²) in [6, 6.07) is 36.0. The van der Waals surface area contributed by atoms with Crippen LogP contribution in [-0.4, -0.2) is 72.3 Å². The van der Waals surface area contributed by atoms with E-state index < -0.39 is 24.3 Å². The summed E-state index contributed by atoms with van der Waals surface area (Å²) in [5, 5.41) is 12.3. The van der Waals surface area contributed by atoms with Crippen molar-refractivity contribution in [3.05, 3.63) is 154 Å². The number of methoxy groups -OCH3 is 2. The molecule has 0 radical (unpaired) electrons. The van der Waals surface area contributed by atoms with Gasteiger partial charge in [0.15, 0.2) is 17.8 Å². The van der Waals surface area contributed by atoms with Gasteiger partial charge >= 0.3 is 6.09 Å². The van der Waals surface area contributed by atoms with Crippen LogP contribution in [0.4, 0.5) is 4.79 Å². The Labute approximate surface area is 355 Å². The molecule has 2 fully saturated rings. The molecule has 61 heavy (non-hydrogen) atoms. The molecular formula is C49H51N3O9. The third kappa shape index (κ3) is 9.33. The van der Waals surface area contributed by atoms with Gasteiger partial charge in [0.05, 0.1) is 46.0 Å². The molecule has 3 amide bonds. The fourth-order valence-corrected chi connectivity index (χ4v) is 8.48. The standard InChI is InChI=1S/C49H51N3O9/c1-31-44(28-51-22-21-37-23-42(57-2)43(58-3)24-39(37)26-51)60-48(61-46(31)35-15-13-32(29-53)14-16-35)36-19-17-34(18-20-36)40-12-8-7-11-38(40)27-52-45(54)25-41(47(52)55)50-49(56)59-30-33-9-5-4-6-10-33/h4-20,23-24,31,41,44,46,48,53H,21-22,25-30H2,1-3H3,(H,50,56)/t31-,41?,44+,46+,48+/m1/s1. The average Bonchev–Trinajstić information content (AvgIpc) is 3.56. The minimum absolute atomic E-state index is 0.0138. The van der Waals surface area contributed by atoms with Crippen molar-refractivity contribution >= 4 is 17.9 Å². The van der Waals surface area contributed by atoms with Crippen LogP contribution in [0, 0.1) is 5.92 Å². The molecule has 0 aromatic heterocycles. The Bertz CT molecular complexity index is 2340. The molecule has 3 heterocycles. The van der Waals surface area contributed by atoms with Crippen molar-refractivity contribution in [1.82, 2.24) is 15.1 Å². The maximum Gasteiger partial charge on any atom is 0.408 e. The van der Waals surface area contributed by atoms with Crippen molar-refractivity contribution in [1.29, 1.82) is 0 Å². The number of amides is 3. The zero-order valence-corrected chi connectivity index (χ0v) is 34.6. The molecule has 2 saturated heterocycles. The Morgan fingerprint density at radius 1 is 0.820 bits per heavy atom. The van der Waals surface area contributed by atoms with E-state index in [1.54, 1.807) is 14.2 Å². The monoisotopic (exact) mass is 825 g/mol. The summed E-state index contributed by atoms with van der Waals surface area (Å²) >= 11 is 0. The number of carbonyl (C=O) groups is 3. The van der Waals surface area contributed by atoms with E-state index in [0.717, 1.165) is 64.2 Å². The molecule has 316 valence electrons. The molecular weight excluding hydrogens is 775 g/mol. The molecule has 2 N–H and O–H groups in total. The third-order valence-corrected chi connectivity index (χ3v) is 11.9. The zero-order valence-electron chi connectivity index (χ0n) is 34.6. The number of nitrogens with zero attached hydrogens (tertiary/aromatic N) is 2. The van der Waals surface area contributed by atoms with Gasteiger partial charge in [-0.3, -0.25) is 19.4 Å². The van der Waals surface area contributed by atoms with Crippen LogP contribution in [0.2, 0.25) is 0 Å². The number of hydrogen-bond donors (Lipinski definition) is 2. The lowest BCUT2D eigenvalue weighted by atomic mass is 9.89.